The highest BCUT2D eigenvalue weighted by Crippen LogP contribution is 2.16. The third-order valence-electron chi connectivity index (χ3n) is 3.97. The number of aromatic nitrogens is 2. The zero-order valence-corrected chi connectivity index (χ0v) is 13.8. The van der Waals surface area contributed by atoms with E-state index in [-0.39, 0.29) is 0 Å². The summed E-state index contributed by atoms with van der Waals surface area (Å²) < 4.78 is 0. The second-order valence-corrected chi connectivity index (χ2v) is 5.48. The highest BCUT2D eigenvalue weighted by molar-refractivity contribution is 5.93. The number of pyridine rings is 2. The number of nitrogens with two attached hydrogens (primary N) is 1. The molecule has 2 aromatic heterocycles. The summed E-state index contributed by atoms with van der Waals surface area (Å²) in [7, 11) is 0. The van der Waals surface area contributed by atoms with E-state index in [1.165, 1.54) is 5.56 Å². The molecule has 0 spiro atoms. The van der Waals surface area contributed by atoms with Crippen LogP contribution in [0.25, 0.3) is 11.4 Å². The van der Waals surface area contributed by atoms with Gasteiger partial charge in [0.15, 0.2) is 0 Å². The van der Waals surface area contributed by atoms with Crippen molar-refractivity contribution >= 4 is 5.91 Å². The van der Waals surface area contributed by atoms with Crippen molar-refractivity contribution < 1.29 is 4.79 Å². The van der Waals surface area contributed by atoms with Crippen LogP contribution >= 0.6 is 0 Å². The summed E-state index contributed by atoms with van der Waals surface area (Å²) in [6, 6.07) is 7.29. The number of primary amides is 1. The Balaban J connectivity index is 1.99. The third kappa shape index (κ3) is 4.86. The van der Waals surface area contributed by atoms with Gasteiger partial charge in [0.25, 0.3) is 0 Å². The van der Waals surface area contributed by atoms with E-state index in [0.29, 0.717) is 11.3 Å². The summed E-state index contributed by atoms with van der Waals surface area (Å²) in [4.78, 5) is 22.4. The number of rotatable bonds is 8. The Labute approximate surface area is 137 Å². The molecule has 0 aliphatic rings. The van der Waals surface area contributed by atoms with Gasteiger partial charge in [-0.2, -0.15) is 0 Å². The number of carbonyl (C=O) groups excluding carboxylic acids is 1. The van der Waals surface area contributed by atoms with E-state index in [4.69, 9.17) is 5.73 Å². The second kappa shape index (κ2) is 8.39. The molecule has 1 amide bonds. The molecule has 2 N–H and O–H groups in total. The summed E-state index contributed by atoms with van der Waals surface area (Å²) in [6.07, 6.45) is 5.60. The van der Waals surface area contributed by atoms with Crippen LogP contribution < -0.4 is 5.73 Å². The molecule has 2 aromatic rings. The standard InChI is InChI=1S/C18H24N4O/c1-3-22(4-2)11-5-6-14-7-8-16(21-13-14)17-12-15(18(19)23)9-10-20-17/h7-10,12-13H,3-6,11H2,1-2H3,(H2,19,23). The topological polar surface area (TPSA) is 72.1 Å². The molecule has 0 aliphatic carbocycles. The first-order valence-electron chi connectivity index (χ1n) is 8.07. The molecule has 2 rings (SSSR count). The van der Waals surface area contributed by atoms with Crippen LogP contribution in [0, 0.1) is 0 Å². The molecule has 0 fully saturated rings. The van der Waals surface area contributed by atoms with Crippen LogP contribution in [0.15, 0.2) is 36.7 Å². The molecule has 0 unspecified atom stereocenters. The summed E-state index contributed by atoms with van der Waals surface area (Å²) in [5, 5.41) is 0. The predicted molar refractivity (Wildman–Crippen MR) is 92.1 cm³/mol. The highest BCUT2D eigenvalue weighted by atomic mass is 16.1. The van der Waals surface area contributed by atoms with Gasteiger partial charge < -0.3 is 10.6 Å². The van der Waals surface area contributed by atoms with Crippen LogP contribution in [0.3, 0.4) is 0 Å². The molecule has 0 bridgehead atoms. The Morgan fingerprint density at radius 3 is 2.52 bits per heavy atom. The number of hydrogen-bond donors (Lipinski definition) is 1. The zero-order chi connectivity index (χ0) is 16.7. The number of hydrogen-bond acceptors (Lipinski definition) is 4. The Morgan fingerprint density at radius 1 is 1.13 bits per heavy atom. The Kier molecular flexibility index (Phi) is 6.23. The molecule has 0 aromatic carbocycles. The largest absolute Gasteiger partial charge is 0.366 e. The lowest BCUT2D eigenvalue weighted by atomic mass is 10.1. The van der Waals surface area contributed by atoms with Crippen molar-refractivity contribution in [2.24, 2.45) is 5.73 Å². The van der Waals surface area contributed by atoms with Gasteiger partial charge in [-0.15, -0.1) is 0 Å². The Morgan fingerprint density at radius 2 is 1.91 bits per heavy atom. The van der Waals surface area contributed by atoms with Gasteiger partial charge in [-0.1, -0.05) is 19.9 Å². The van der Waals surface area contributed by atoms with Gasteiger partial charge in [0.2, 0.25) is 5.91 Å². The first kappa shape index (κ1) is 17.1. The molecular weight excluding hydrogens is 288 g/mol. The Hall–Kier alpha value is -2.27. The van der Waals surface area contributed by atoms with Crippen LogP contribution in [0.4, 0.5) is 0 Å². The molecule has 0 saturated carbocycles. The monoisotopic (exact) mass is 312 g/mol. The van der Waals surface area contributed by atoms with Gasteiger partial charge in [0.05, 0.1) is 11.4 Å². The van der Waals surface area contributed by atoms with Crippen LogP contribution in [0.1, 0.15) is 36.2 Å². The SMILES string of the molecule is CCN(CC)CCCc1ccc(-c2cc(C(N)=O)ccn2)nc1. The van der Waals surface area contributed by atoms with Crippen molar-refractivity contribution in [3.63, 3.8) is 0 Å². The van der Waals surface area contributed by atoms with Gasteiger partial charge in [-0.3, -0.25) is 14.8 Å². The fourth-order valence-electron chi connectivity index (χ4n) is 2.49. The van der Waals surface area contributed by atoms with Crippen molar-refractivity contribution in [3.8, 4) is 11.4 Å². The van der Waals surface area contributed by atoms with Crippen molar-refractivity contribution in [2.45, 2.75) is 26.7 Å². The van der Waals surface area contributed by atoms with Crippen molar-refractivity contribution in [1.82, 2.24) is 14.9 Å². The maximum absolute atomic E-state index is 11.2. The van der Waals surface area contributed by atoms with Crippen LogP contribution in [0.5, 0.6) is 0 Å². The van der Waals surface area contributed by atoms with E-state index < -0.39 is 5.91 Å². The molecular formula is C18H24N4O. The molecule has 0 saturated heterocycles. The van der Waals surface area contributed by atoms with Crippen molar-refractivity contribution in [2.75, 3.05) is 19.6 Å². The molecule has 122 valence electrons. The first-order chi connectivity index (χ1) is 11.1. The molecule has 23 heavy (non-hydrogen) atoms. The Bertz CT molecular complexity index is 636. The molecule has 5 heteroatoms. The fraction of sp³-hybridized carbons (Fsp3) is 0.389. The second-order valence-electron chi connectivity index (χ2n) is 5.48. The van der Waals surface area contributed by atoms with E-state index >= 15 is 0 Å². The minimum Gasteiger partial charge on any atom is -0.366 e. The fourth-order valence-corrected chi connectivity index (χ4v) is 2.49. The lowest BCUT2D eigenvalue weighted by Crippen LogP contribution is -2.24. The van der Waals surface area contributed by atoms with E-state index in [1.807, 2.05) is 12.3 Å². The smallest absolute Gasteiger partial charge is 0.248 e. The van der Waals surface area contributed by atoms with Gasteiger partial charge in [0, 0.05) is 18.0 Å². The van der Waals surface area contributed by atoms with E-state index in [2.05, 4.69) is 34.8 Å². The third-order valence-corrected chi connectivity index (χ3v) is 3.97. The maximum Gasteiger partial charge on any atom is 0.248 e. The molecule has 0 atom stereocenters. The first-order valence-corrected chi connectivity index (χ1v) is 8.07. The van der Waals surface area contributed by atoms with Crippen LogP contribution in [0.2, 0.25) is 0 Å². The summed E-state index contributed by atoms with van der Waals surface area (Å²) >= 11 is 0. The van der Waals surface area contributed by atoms with Crippen molar-refractivity contribution in [1.29, 1.82) is 0 Å². The van der Waals surface area contributed by atoms with E-state index in [0.717, 1.165) is 38.2 Å². The van der Waals surface area contributed by atoms with Crippen LogP contribution in [-0.4, -0.2) is 40.4 Å². The van der Waals surface area contributed by atoms with Gasteiger partial charge >= 0.3 is 0 Å². The zero-order valence-electron chi connectivity index (χ0n) is 13.8. The average molecular weight is 312 g/mol. The van der Waals surface area contributed by atoms with Crippen molar-refractivity contribution in [3.05, 3.63) is 47.8 Å². The van der Waals surface area contributed by atoms with Gasteiger partial charge in [0.1, 0.15) is 0 Å². The minimum atomic E-state index is -0.457. The average Bonchev–Trinajstić information content (AvgIpc) is 2.59. The number of amides is 1. The van der Waals surface area contributed by atoms with Gasteiger partial charge in [-0.05, 0) is 56.2 Å². The lowest BCUT2D eigenvalue weighted by molar-refractivity contribution is 0.1000. The quantitative estimate of drug-likeness (QED) is 0.813. The normalized spacial score (nSPS) is 10.9. The number of aryl methyl sites for hydroxylation is 1. The summed E-state index contributed by atoms with van der Waals surface area (Å²) in [6.45, 7) is 7.67. The summed E-state index contributed by atoms with van der Waals surface area (Å²) in [5.74, 6) is -0.457. The van der Waals surface area contributed by atoms with Crippen LogP contribution in [-0.2, 0) is 6.42 Å². The molecule has 0 radical (unpaired) electrons. The van der Waals surface area contributed by atoms with E-state index in [9.17, 15) is 4.79 Å². The predicted octanol–water partition coefficient (Wildman–Crippen LogP) is 2.52. The lowest BCUT2D eigenvalue weighted by Gasteiger charge is -2.17. The van der Waals surface area contributed by atoms with Gasteiger partial charge in [-0.25, -0.2) is 0 Å². The van der Waals surface area contributed by atoms with E-state index in [1.54, 1.807) is 18.3 Å². The molecule has 5 nitrogen and oxygen atoms in total. The number of nitrogens with zero attached hydrogens (tertiary/aromatic N) is 3. The summed E-state index contributed by atoms with van der Waals surface area (Å²) in [5.41, 5.74) is 8.37. The number of carbonyl (C=O) groups is 1. The maximum atomic E-state index is 11.2. The molecule has 2 heterocycles. The highest BCUT2D eigenvalue weighted by Gasteiger charge is 2.06. The minimum absolute atomic E-state index is 0.445. The molecule has 0 aliphatic heterocycles.